The molecule has 0 radical (unpaired) electrons. The fraction of sp³-hybridized carbons (Fsp3) is 0.364. The van der Waals surface area contributed by atoms with Gasteiger partial charge in [0, 0.05) is 7.11 Å². The van der Waals surface area contributed by atoms with Gasteiger partial charge in [-0.05, 0) is 66.3 Å². The summed E-state index contributed by atoms with van der Waals surface area (Å²) >= 11 is 0. The van der Waals surface area contributed by atoms with Gasteiger partial charge in [-0.15, -0.1) is 0 Å². The van der Waals surface area contributed by atoms with Crippen LogP contribution in [0.2, 0.25) is 0 Å². The van der Waals surface area contributed by atoms with E-state index in [2.05, 4.69) is 24.3 Å². The van der Waals surface area contributed by atoms with Crippen molar-refractivity contribution in [3.63, 3.8) is 0 Å². The molecular weight excluding hydrogens is 318 g/mol. The van der Waals surface area contributed by atoms with Crippen LogP contribution in [-0.2, 0) is 4.74 Å². The molecule has 2 aromatic carbocycles. The highest BCUT2D eigenvalue weighted by atomic mass is 19.2. The number of ether oxygens (including phenoxy) is 1. The molecule has 0 N–H and O–H groups in total. The van der Waals surface area contributed by atoms with Gasteiger partial charge >= 0.3 is 0 Å². The molecule has 25 heavy (non-hydrogen) atoms. The van der Waals surface area contributed by atoms with Gasteiger partial charge in [0.1, 0.15) is 0 Å². The van der Waals surface area contributed by atoms with Crippen molar-refractivity contribution in [2.24, 2.45) is 5.92 Å². The lowest BCUT2D eigenvalue weighted by atomic mass is 9.78. The molecule has 0 amide bonds. The predicted octanol–water partition coefficient (Wildman–Crippen LogP) is 6.11. The van der Waals surface area contributed by atoms with Crippen LogP contribution in [0.1, 0.15) is 37.2 Å². The van der Waals surface area contributed by atoms with Gasteiger partial charge in [-0.1, -0.05) is 42.5 Å². The first-order chi connectivity index (χ1) is 12.2. The van der Waals surface area contributed by atoms with Gasteiger partial charge in [0.15, 0.2) is 11.6 Å². The van der Waals surface area contributed by atoms with E-state index in [4.69, 9.17) is 4.74 Å². The molecule has 0 aliphatic heterocycles. The largest absolute Gasteiger partial charge is 0.381 e. The minimum absolute atomic E-state index is 0.589. The fourth-order valence-corrected chi connectivity index (χ4v) is 3.61. The van der Waals surface area contributed by atoms with E-state index in [1.54, 1.807) is 13.2 Å². The summed E-state index contributed by atoms with van der Waals surface area (Å²) in [6.45, 7) is 0.686. The summed E-state index contributed by atoms with van der Waals surface area (Å²) in [5.74, 6) is -0.364. The van der Waals surface area contributed by atoms with Crippen LogP contribution in [0.4, 0.5) is 8.78 Å². The van der Waals surface area contributed by atoms with Crippen LogP contribution in [0.3, 0.4) is 0 Å². The van der Waals surface area contributed by atoms with E-state index in [0.29, 0.717) is 24.0 Å². The van der Waals surface area contributed by atoms with Crippen LogP contribution in [0.15, 0.2) is 54.6 Å². The smallest absolute Gasteiger partial charge is 0.159 e. The summed E-state index contributed by atoms with van der Waals surface area (Å²) in [7, 11) is 1.71. The van der Waals surface area contributed by atoms with E-state index in [1.165, 1.54) is 43.4 Å². The molecule has 0 atom stereocenters. The van der Waals surface area contributed by atoms with Crippen molar-refractivity contribution < 1.29 is 13.5 Å². The van der Waals surface area contributed by atoms with E-state index in [1.807, 2.05) is 12.1 Å². The van der Waals surface area contributed by atoms with E-state index >= 15 is 0 Å². The quantitative estimate of drug-likeness (QED) is 0.596. The number of benzene rings is 2. The van der Waals surface area contributed by atoms with Crippen molar-refractivity contribution in [1.29, 1.82) is 0 Å². The summed E-state index contributed by atoms with van der Waals surface area (Å²) in [4.78, 5) is 0. The van der Waals surface area contributed by atoms with Crippen molar-refractivity contribution in [2.45, 2.75) is 31.6 Å². The molecule has 2 aromatic rings. The second-order valence-corrected chi connectivity index (χ2v) is 6.75. The van der Waals surface area contributed by atoms with Crippen LogP contribution in [0, 0.1) is 17.6 Å². The molecule has 1 nitrogen and oxygen atoms in total. The molecule has 1 aliphatic carbocycles. The molecule has 0 spiro atoms. The zero-order chi connectivity index (χ0) is 17.6. The zero-order valence-corrected chi connectivity index (χ0v) is 14.6. The number of allylic oxidation sites excluding steroid dienone is 1. The molecule has 0 heterocycles. The van der Waals surface area contributed by atoms with Crippen LogP contribution >= 0.6 is 0 Å². The second-order valence-electron chi connectivity index (χ2n) is 6.75. The molecule has 0 saturated heterocycles. The Morgan fingerprint density at radius 3 is 2.24 bits per heavy atom. The average Bonchev–Trinajstić information content (AvgIpc) is 2.65. The Morgan fingerprint density at radius 1 is 0.920 bits per heavy atom. The Balaban J connectivity index is 1.62. The van der Waals surface area contributed by atoms with Gasteiger partial charge in [-0.3, -0.25) is 0 Å². The maximum atomic E-state index is 13.4. The molecular formula is C22H24F2O. The van der Waals surface area contributed by atoms with Crippen LogP contribution in [0.5, 0.6) is 0 Å². The summed E-state index contributed by atoms with van der Waals surface area (Å²) < 4.78 is 31.5. The first-order valence-corrected chi connectivity index (χ1v) is 8.88. The molecule has 1 saturated carbocycles. The second kappa shape index (κ2) is 8.39. The molecule has 132 valence electrons. The van der Waals surface area contributed by atoms with Crippen LogP contribution in [0.25, 0.3) is 11.1 Å². The Kier molecular flexibility index (Phi) is 5.98. The summed E-state index contributed by atoms with van der Waals surface area (Å²) in [6.07, 6.45) is 9.18. The van der Waals surface area contributed by atoms with Crippen molar-refractivity contribution >= 4 is 0 Å². The summed E-state index contributed by atoms with van der Waals surface area (Å²) in [5, 5.41) is 0. The van der Waals surface area contributed by atoms with Gasteiger partial charge in [-0.2, -0.15) is 0 Å². The van der Waals surface area contributed by atoms with E-state index in [-0.39, 0.29) is 0 Å². The van der Waals surface area contributed by atoms with Crippen LogP contribution < -0.4 is 0 Å². The first-order valence-electron chi connectivity index (χ1n) is 8.88. The predicted molar refractivity (Wildman–Crippen MR) is 97.5 cm³/mol. The minimum Gasteiger partial charge on any atom is -0.381 e. The van der Waals surface area contributed by atoms with E-state index in [9.17, 15) is 8.78 Å². The summed E-state index contributed by atoms with van der Waals surface area (Å²) in [5.41, 5.74) is 2.96. The monoisotopic (exact) mass is 342 g/mol. The van der Waals surface area contributed by atoms with Gasteiger partial charge in [0.05, 0.1) is 6.61 Å². The van der Waals surface area contributed by atoms with Crippen molar-refractivity contribution in [3.8, 4) is 11.1 Å². The molecule has 1 fully saturated rings. The Morgan fingerprint density at radius 2 is 1.60 bits per heavy atom. The van der Waals surface area contributed by atoms with Gasteiger partial charge in [-0.25, -0.2) is 8.78 Å². The lowest BCUT2D eigenvalue weighted by Crippen LogP contribution is -2.11. The van der Waals surface area contributed by atoms with Gasteiger partial charge in [0.25, 0.3) is 0 Å². The highest BCUT2D eigenvalue weighted by Crippen LogP contribution is 2.37. The molecule has 0 aromatic heterocycles. The Hall–Kier alpha value is -2.00. The normalized spacial score (nSPS) is 20.9. The van der Waals surface area contributed by atoms with Crippen molar-refractivity contribution in [3.05, 3.63) is 71.8 Å². The topological polar surface area (TPSA) is 9.23 Å². The number of methoxy groups -OCH3 is 1. The standard InChI is InChI=1S/C22H24F2O/c1-25-14-2-3-16-4-6-17(7-5-16)18-8-10-19(11-9-18)20-12-13-21(23)22(24)15-20/h2-3,8-13,15-17H,4-7,14H2,1H3/t16-,17-. The Labute approximate surface area is 148 Å². The van der Waals surface area contributed by atoms with Gasteiger partial charge < -0.3 is 4.74 Å². The van der Waals surface area contributed by atoms with Crippen molar-refractivity contribution in [2.75, 3.05) is 13.7 Å². The summed E-state index contributed by atoms with van der Waals surface area (Å²) in [6, 6.07) is 12.3. The van der Waals surface area contributed by atoms with Crippen LogP contribution in [-0.4, -0.2) is 13.7 Å². The number of rotatable bonds is 5. The SMILES string of the molecule is COCC=C[C@H]1CC[C@H](c2ccc(-c3ccc(F)c(F)c3)cc2)CC1. The number of hydrogen-bond donors (Lipinski definition) is 0. The number of hydrogen-bond acceptors (Lipinski definition) is 1. The zero-order valence-electron chi connectivity index (χ0n) is 14.6. The third-order valence-corrected chi connectivity index (χ3v) is 5.08. The fourth-order valence-electron chi connectivity index (χ4n) is 3.61. The third kappa shape index (κ3) is 4.55. The highest BCUT2D eigenvalue weighted by molar-refractivity contribution is 5.63. The lowest BCUT2D eigenvalue weighted by molar-refractivity contribution is 0.233. The molecule has 0 unspecified atom stereocenters. The lowest BCUT2D eigenvalue weighted by Gasteiger charge is -2.27. The maximum absolute atomic E-state index is 13.4. The van der Waals surface area contributed by atoms with Gasteiger partial charge in [0.2, 0.25) is 0 Å². The van der Waals surface area contributed by atoms with E-state index in [0.717, 1.165) is 5.56 Å². The average molecular weight is 342 g/mol. The maximum Gasteiger partial charge on any atom is 0.159 e. The molecule has 3 heteroatoms. The molecule has 1 aliphatic rings. The van der Waals surface area contributed by atoms with E-state index < -0.39 is 11.6 Å². The molecule has 0 bridgehead atoms. The third-order valence-electron chi connectivity index (χ3n) is 5.08. The first kappa shape index (κ1) is 17.8. The highest BCUT2D eigenvalue weighted by Gasteiger charge is 2.20. The van der Waals surface area contributed by atoms with Crippen molar-refractivity contribution in [1.82, 2.24) is 0 Å². The minimum atomic E-state index is -0.809. The number of halogens is 2. The Bertz CT molecular complexity index is 713. The molecule has 3 rings (SSSR count).